The molecule has 0 bridgehead atoms. The smallest absolute Gasteiger partial charge is 0.332 e. The number of nitrogens with zero attached hydrogens (tertiary/aromatic N) is 7. The van der Waals surface area contributed by atoms with Gasteiger partial charge in [0.25, 0.3) is 5.56 Å². The summed E-state index contributed by atoms with van der Waals surface area (Å²) in [5, 5.41) is 0.209. The number of aromatic nitrogens is 4. The van der Waals surface area contributed by atoms with Gasteiger partial charge < -0.3 is 14.7 Å². The van der Waals surface area contributed by atoms with Crippen molar-refractivity contribution in [3.05, 3.63) is 55.4 Å². The molecule has 1 aromatic carbocycles. The number of piperazine rings is 1. The number of aryl methyl sites for hydroxylation is 1. The minimum absolute atomic E-state index is 0.0170. The van der Waals surface area contributed by atoms with Crippen LogP contribution in [-0.2, 0) is 30.2 Å². The van der Waals surface area contributed by atoms with Crippen LogP contribution >= 0.6 is 11.6 Å². The number of imidazole rings is 1. The Balaban J connectivity index is 1.55. The Labute approximate surface area is 222 Å². The highest BCUT2D eigenvalue weighted by atomic mass is 35.5. The fraction of sp³-hybridized carbons (Fsp3) is 0.480. The molecule has 13 heteroatoms. The maximum absolute atomic E-state index is 14.8. The molecule has 3 aromatic rings. The van der Waals surface area contributed by atoms with Crippen molar-refractivity contribution >= 4 is 41.0 Å². The normalized spacial score (nSPS) is 18.3. The number of carbonyl (C=O) groups excluding carboxylic acids is 2. The zero-order valence-corrected chi connectivity index (χ0v) is 22.0. The number of hydrogen-bond donors (Lipinski definition) is 0. The van der Waals surface area contributed by atoms with Crippen molar-refractivity contribution in [2.75, 3.05) is 44.2 Å². The summed E-state index contributed by atoms with van der Waals surface area (Å²) in [7, 11) is 2.92. The SMILES string of the molecule is Cn1c(=O)c2c(nc(N3CCCC(C(=O)N4CCN(C=O)CC4)C3)n2Cc2c(F)cccc2Cl)n(C)c1=O. The molecular weight excluding hydrogens is 517 g/mol. The number of rotatable bonds is 5. The first kappa shape index (κ1) is 26.0. The molecule has 38 heavy (non-hydrogen) atoms. The van der Waals surface area contributed by atoms with Gasteiger partial charge in [-0.1, -0.05) is 17.7 Å². The summed E-state index contributed by atoms with van der Waals surface area (Å²) in [4.78, 5) is 60.3. The van der Waals surface area contributed by atoms with Crippen molar-refractivity contribution < 1.29 is 14.0 Å². The first-order chi connectivity index (χ1) is 18.2. The molecule has 0 saturated carbocycles. The van der Waals surface area contributed by atoms with Crippen molar-refractivity contribution in [1.29, 1.82) is 0 Å². The number of hydrogen-bond acceptors (Lipinski definition) is 6. The maximum atomic E-state index is 14.8. The van der Waals surface area contributed by atoms with Gasteiger partial charge in [-0.15, -0.1) is 0 Å². The summed E-state index contributed by atoms with van der Waals surface area (Å²) < 4.78 is 18.7. The van der Waals surface area contributed by atoms with Crippen LogP contribution in [0.25, 0.3) is 11.2 Å². The maximum Gasteiger partial charge on any atom is 0.332 e. The van der Waals surface area contributed by atoms with Crippen molar-refractivity contribution in [3.8, 4) is 0 Å². The van der Waals surface area contributed by atoms with Gasteiger partial charge in [-0.3, -0.25) is 28.1 Å². The molecule has 2 amide bonds. The Morgan fingerprint density at radius 1 is 1.13 bits per heavy atom. The van der Waals surface area contributed by atoms with Crippen LogP contribution < -0.4 is 16.1 Å². The molecule has 0 radical (unpaired) electrons. The fourth-order valence-electron chi connectivity index (χ4n) is 5.33. The van der Waals surface area contributed by atoms with Crippen molar-refractivity contribution in [2.24, 2.45) is 20.0 Å². The minimum atomic E-state index is -0.549. The molecular formula is C25H29ClFN7O4. The van der Waals surface area contributed by atoms with Crippen molar-refractivity contribution in [1.82, 2.24) is 28.5 Å². The second-order valence-electron chi connectivity index (χ2n) is 9.83. The third-order valence-electron chi connectivity index (χ3n) is 7.53. The Morgan fingerprint density at radius 2 is 1.87 bits per heavy atom. The molecule has 2 aliphatic rings. The van der Waals surface area contributed by atoms with E-state index in [2.05, 4.69) is 4.98 Å². The Hall–Kier alpha value is -3.67. The lowest BCUT2D eigenvalue weighted by molar-refractivity contribution is -0.139. The molecule has 0 spiro atoms. The van der Waals surface area contributed by atoms with Gasteiger partial charge in [0, 0.05) is 63.9 Å². The highest BCUT2D eigenvalue weighted by Gasteiger charge is 2.33. The van der Waals surface area contributed by atoms with Gasteiger partial charge in [0.2, 0.25) is 18.3 Å². The van der Waals surface area contributed by atoms with Crippen molar-refractivity contribution in [2.45, 2.75) is 19.4 Å². The first-order valence-corrected chi connectivity index (χ1v) is 12.9. The predicted molar refractivity (Wildman–Crippen MR) is 140 cm³/mol. The van der Waals surface area contributed by atoms with Crippen LogP contribution in [0.15, 0.2) is 27.8 Å². The van der Waals surface area contributed by atoms with E-state index in [1.807, 2.05) is 4.90 Å². The summed E-state index contributed by atoms with van der Waals surface area (Å²) in [5.74, 6) is -0.430. The number of piperidine rings is 1. The largest absolute Gasteiger partial charge is 0.342 e. The first-order valence-electron chi connectivity index (χ1n) is 12.5. The molecule has 2 fully saturated rings. The second-order valence-corrected chi connectivity index (χ2v) is 10.2. The molecule has 11 nitrogen and oxygen atoms in total. The number of fused-ring (bicyclic) bond motifs is 1. The van der Waals surface area contributed by atoms with E-state index >= 15 is 0 Å². The van der Waals surface area contributed by atoms with Gasteiger partial charge in [0.05, 0.1) is 12.5 Å². The summed E-state index contributed by atoms with van der Waals surface area (Å²) >= 11 is 6.33. The van der Waals surface area contributed by atoms with Crippen LogP contribution in [0.3, 0.4) is 0 Å². The molecule has 0 aliphatic carbocycles. The fourth-order valence-corrected chi connectivity index (χ4v) is 5.56. The molecule has 2 aliphatic heterocycles. The number of anilines is 1. The molecule has 5 rings (SSSR count). The van der Waals surface area contributed by atoms with Crippen LogP contribution in [0, 0.1) is 11.7 Å². The Kier molecular flexibility index (Phi) is 6.99. The average Bonchev–Trinajstić information content (AvgIpc) is 3.32. The standard InChI is InChI=1S/C25H29ClFN7O4/c1-29-21-20(23(37)30(2)25(29)38)34(14-17-18(26)6-3-7-19(17)27)24(28-21)33-8-4-5-16(13-33)22(36)32-11-9-31(15-35)10-12-32/h3,6-7,15-16H,4-5,8-14H2,1-2H3. The summed E-state index contributed by atoms with van der Waals surface area (Å²) in [5.41, 5.74) is -0.541. The lowest BCUT2D eigenvalue weighted by Gasteiger charge is -2.38. The third kappa shape index (κ3) is 4.46. The van der Waals surface area contributed by atoms with Gasteiger partial charge in [-0.2, -0.15) is 4.98 Å². The Morgan fingerprint density at radius 3 is 2.55 bits per heavy atom. The van der Waals surface area contributed by atoms with E-state index in [-0.39, 0.29) is 40.1 Å². The molecule has 2 aromatic heterocycles. The van der Waals surface area contributed by atoms with E-state index in [1.165, 1.54) is 30.8 Å². The lowest BCUT2D eigenvalue weighted by Crippen LogP contribution is -2.52. The highest BCUT2D eigenvalue weighted by Crippen LogP contribution is 2.29. The van der Waals surface area contributed by atoms with E-state index in [0.717, 1.165) is 11.0 Å². The number of carbonyl (C=O) groups is 2. The van der Waals surface area contributed by atoms with Crippen LogP contribution in [0.1, 0.15) is 18.4 Å². The van der Waals surface area contributed by atoms with E-state index in [1.54, 1.807) is 20.4 Å². The van der Waals surface area contributed by atoms with Crippen LogP contribution in [-0.4, -0.2) is 80.1 Å². The molecule has 1 unspecified atom stereocenters. The Bertz CT molecular complexity index is 1500. The number of halogens is 2. The lowest BCUT2D eigenvalue weighted by atomic mass is 9.96. The molecule has 0 N–H and O–H groups in total. The third-order valence-corrected chi connectivity index (χ3v) is 7.89. The molecule has 1 atom stereocenters. The monoisotopic (exact) mass is 545 g/mol. The summed E-state index contributed by atoms with van der Waals surface area (Å²) in [6.45, 7) is 2.82. The van der Waals surface area contributed by atoms with E-state index in [0.29, 0.717) is 58.1 Å². The number of amides is 2. The van der Waals surface area contributed by atoms with Crippen molar-refractivity contribution in [3.63, 3.8) is 0 Å². The van der Waals surface area contributed by atoms with Crippen LogP contribution in [0.5, 0.6) is 0 Å². The van der Waals surface area contributed by atoms with Gasteiger partial charge in [0.1, 0.15) is 5.82 Å². The second kappa shape index (κ2) is 10.2. The van der Waals surface area contributed by atoms with Gasteiger partial charge in [0.15, 0.2) is 11.2 Å². The topological polar surface area (TPSA) is 106 Å². The van der Waals surface area contributed by atoms with Crippen LogP contribution in [0.4, 0.5) is 10.3 Å². The zero-order valence-electron chi connectivity index (χ0n) is 21.3. The summed E-state index contributed by atoms with van der Waals surface area (Å²) in [6, 6.07) is 4.38. The molecule has 2 saturated heterocycles. The van der Waals surface area contributed by atoms with E-state index in [4.69, 9.17) is 11.6 Å². The minimum Gasteiger partial charge on any atom is -0.342 e. The number of benzene rings is 1. The van der Waals surface area contributed by atoms with Gasteiger partial charge in [-0.05, 0) is 25.0 Å². The molecule has 202 valence electrons. The highest BCUT2D eigenvalue weighted by molar-refractivity contribution is 6.31. The average molecular weight is 546 g/mol. The van der Waals surface area contributed by atoms with E-state index < -0.39 is 17.1 Å². The zero-order chi connectivity index (χ0) is 27.1. The van der Waals surface area contributed by atoms with Gasteiger partial charge >= 0.3 is 5.69 Å². The predicted octanol–water partition coefficient (Wildman–Crippen LogP) is 0.792. The molecule has 4 heterocycles. The van der Waals surface area contributed by atoms with Crippen LogP contribution in [0.2, 0.25) is 5.02 Å². The van der Waals surface area contributed by atoms with Gasteiger partial charge in [-0.25, -0.2) is 9.18 Å². The quantitative estimate of drug-likeness (QED) is 0.439. The summed E-state index contributed by atoms with van der Waals surface area (Å²) in [6.07, 6.45) is 2.21. The van der Waals surface area contributed by atoms with E-state index in [9.17, 15) is 23.6 Å².